The lowest BCUT2D eigenvalue weighted by Crippen LogP contribution is -2.54. The molecule has 1 aliphatic heterocycles. The third-order valence-electron chi connectivity index (χ3n) is 5.14. The summed E-state index contributed by atoms with van der Waals surface area (Å²) < 4.78 is 0.955. The van der Waals surface area contributed by atoms with Crippen molar-refractivity contribution >= 4 is 57.1 Å². The molecule has 0 unspecified atom stereocenters. The highest BCUT2D eigenvalue weighted by Crippen LogP contribution is 2.27. The van der Waals surface area contributed by atoms with E-state index in [-0.39, 0.29) is 5.57 Å². The molecule has 1 N–H and O–H groups in total. The predicted octanol–water partition coefficient (Wildman–Crippen LogP) is 5.67. The predicted molar refractivity (Wildman–Crippen MR) is 129 cm³/mol. The van der Waals surface area contributed by atoms with Gasteiger partial charge in [-0.1, -0.05) is 69.5 Å². The molecule has 4 rings (SSSR count). The zero-order valence-electron chi connectivity index (χ0n) is 17.1. The topological polar surface area (TPSA) is 66.5 Å². The first-order valence-electron chi connectivity index (χ1n) is 9.83. The second kappa shape index (κ2) is 9.10. The Morgan fingerprint density at radius 1 is 0.969 bits per heavy atom. The number of carbonyl (C=O) groups excluding carboxylic acids is 3. The minimum Gasteiger partial charge on any atom is -0.273 e. The van der Waals surface area contributed by atoms with Crippen molar-refractivity contribution in [2.24, 2.45) is 0 Å². The SMILES string of the molecule is Cc1ccc(N2C(=O)NC(=O)/C(=C\c3cc(Cl)ccc3Cc3ccccc3Br)C2=O)cc1. The molecule has 0 radical (unpaired) electrons. The number of halogens is 2. The van der Waals surface area contributed by atoms with Crippen LogP contribution in [0.3, 0.4) is 0 Å². The zero-order chi connectivity index (χ0) is 22.8. The van der Waals surface area contributed by atoms with Gasteiger partial charge in [-0.3, -0.25) is 14.9 Å². The maximum absolute atomic E-state index is 13.2. The summed E-state index contributed by atoms with van der Waals surface area (Å²) in [5, 5.41) is 2.73. The van der Waals surface area contributed by atoms with Crippen LogP contribution in [0.15, 0.2) is 76.8 Å². The van der Waals surface area contributed by atoms with E-state index < -0.39 is 17.8 Å². The van der Waals surface area contributed by atoms with Crippen LogP contribution in [0.4, 0.5) is 10.5 Å². The highest BCUT2D eigenvalue weighted by Gasteiger charge is 2.36. The van der Waals surface area contributed by atoms with Gasteiger partial charge in [0.2, 0.25) is 0 Å². The number of aryl methyl sites for hydroxylation is 1. The fourth-order valence-electron chi connectivity index (χ4n) is 3.45. The molecule has 1 aliphatic rings. The lowest BCUT2D eigenvalue weighted by atomic mass is 9.97. The minimum absolute atomic E-state index is 0.138. The van der Waals surface area contributed by atoms with Gasteiger partial charge in [-0.2, -0.15) is 0 Å². The number of hydrogen-bond acceptors (Lipinski definition) is 3. The molecule has 0 spiro atoms. The van der Waals surface area contributed by atoms with Crippen molar-refractivity contribution < 1.29 is 14.4 Å². The molecular weight excluding hydrogens is 492 g/mol. The Hall–Kier alpha value is -3.22. The monoisotopic (exact) mass is 508 g/mol. The van der Waals surface area contributed by atoms with Crippen molar-refractivity contribution in [1.29, 1.82) is 0 Å². The normalized spacial score (nSPS) is 15.3. The Morgan fingerprint density at radius 2 is 1.69 bits per heavy atom. The molecule has 32 heavy (non-hydrogen) atoms. The Labute approximate surface area is 198 Å². The van der Waals surface area contributed by atoms with Gasteiger partial charge < -0.3 is 0 Å². The number of imide groups is 2. The number of carbonyl (C=O) groups is 3. The van der Waals surface area contributed by atoms with Gasteiger partial charge in [0.15, 0.2) is 0 Å². The number of rotatable bonds is 4. The van der Waals surface area contributed by atoms with E-state index in [9.17, 15) is 14.4 Å². The van der Waals surface area contributed by atoms with E-state index in [0.717, 1.165) is 26.1 Å². The summed E-state index contributed by atoms with van der Waals surface area (Å²) in [4.78, 5) is 39.1. The number of hydrogen-bond donors (Lipinski definition) is 1. The molecule has 0 atom stereocenters. The number of amides is 4. The summed E-state index contributed by atoms with van der Waals surface area (Å²) in [7, 11) is 0. The quantitative estimate of drug-likeness (QED) is 0.364. The van der Waals surface area contributed by atoms with Crippen molar-refractivity contribution in [2.75, 3.05) is 4.90 Å². The van der Waals surface area contributed by atoms with Crippen LogP contribution in [-0.2, 0) is 16.0 Å². The fraction of sp³-hybridized carbons (Fsp3) is 0.0800. The number of urea groups is 1. The van der Waals surface area contributed by atoms with Gasteiger partial charge in [-0.05, 0) is 66.4 Å². The van der Waals surface area contributed by atoms with E-state index in [1.54, 1.807) is 36.4 Å². The highest BCUT2D eigenvalue weighted by molar-refractivity contribution is 9.10. The van der Waals surface area contributed by atoms with E-state index in [1.165, 1.54) is 6.08 Å². The molecule has 1 saturated heterocycles. The van der Waals surface area contributed by atoms with Crippen LogP contribution in [0.25, 0.3) is 6.08 Å². The number of benzene rings is 3. The van der Waals surface area contributed by atoms with Gasteiger partial charge in [0.1, 0.15) is 5.57 Å². The average molecular weight is 510 g/mol. The third kappa shape index (κ3) is 4.52. The largest absolute Gasteiger partial charge is 0.335 e. The first kappa shape index (κ1) is 22.0. The Balaban J connectivity index is 1.75. The molecule has 3 aromatic rings. The standard InChI is InChI=1S/C25H18BrClN2O3/c1-15-6-10-20(11-7-15)29-24(31)21(23(30)28-25(29)32)14-18-13-19(27)9-8-16(18)12-17-4-2-3-5-22(17)26/h2-11,13-14H,12H2,1H3,(H,28,30,32)/b21-14+. The molecule has 0 aliphatic carbocycles. The van der Waals surface area contributed by atoms with E-state index in [2.05, 4.69) is 21.2 Å². The van der Waals surface area contributed by atoms with Crippen LogP contribution in [0.1, 0.15) is 22.3 Å². The van der Waals surface area contributed by atoms with E-state index in [0.29, 0.717) is 22.7 Å². The van der Waals surface area contributed by atoms with Crippen molar-refractivity contribution in [2.45, 2.75) is 13.3 Å². The van der Waals surface area contributed by atoms with E-state index in [4.69, 9.17) is 11.6 Å². The maximum Gasteiger partial charge on any atom is 0.335 e. The van der Waals surface area contributed by atoms with Crippen LogP contribution in [-0.4, -0.2) is 17.8 Å². The molecule has 7 heteroatoms. The molecule has 0 aromatic heterocycles. The second-order valence-electron chi connectivity index (χ2n) is 7.40. The highest BCUT2D eigenvalue weighted by atomic mass is 79.9. The van der Waals surface area contributed by atoms with E-state index in [1.807, 2.05) is 37.3 Å². The second-order valence-corrected chi connectivity index (χ2v) is 8.70. The summed E-state index contributed by atoms with van der Waals surface area (Å²) in [5.41, 5.74) is 3.79. The van der Waals surface area contributed by atoms with E-state index >= 15 is 0 Å². The zero-order valence-corrected chi connectivity index (χ0v) is 19.4. The van der Waals surface area contributed by atoms with Crippen molar-refractivity contribution in [3.8, 4) is 0 Å². The van der Waals surface area contributed by atoms with Crippen LogP contribution in [0.5, 0.6) is 0 Å². The molecule has 1 fully saturated rings. The maximum atomic E-state index is 13.2. The summed E-state index contributed by atoms with van der Waals surface area (Å²) in [6.07, 6.45) is 2.05. The lowest BCUT2D eigenvalue weighted by Gasteiger charge is -2.26. The van der Waals surface area contributed by atoms with Gasteiger partial charge in [0.05, 0.1) is 5.69 Å². The lowest BCUT2D eigenvalue weighted by molar-refractivity contribution is -0.122. The summed E-state index contributed by atoms with van der Waals surface area (Å²) >= 11 is 9.77. The van der Waals surface area contributed by atoms with Gasteiger partial charge in [0, 0.05) is 9.50 Å². The number of nitrogens with zero attached hydrogens (tertiary/aromatic N) is 1. The molecule has 0 saturated carbocycles. The molecule has 160 valence electrons. The first-order valence-corrected chi connectivity index (χ1v) is 11.0. The number of nitrogens with one attached hydrogen (secondary N) is 1. The third-order valence-corrected chi connectivity index (χ3v) is 6.15. The summed E-state index contributed by atoms with van der Waals surface area (Å²) in [6.45, 7) is 1.91. The smallest absolute Gasteiger partial charge is 0.273 e. The molecule has 3 aromatic carbocycles. The number of barbiturate groups is 1. The Bertz CT molecular complexity index is 1270. The van der Waals surface area contributed by atoms with Gasteiger partial charge in [-0.25, -0.2) is 9.69 Å². The summed E-state index contributed by atoms with van der Waals surface area (Å²) in [6, 6.07) is 19.3. The van der Waals surface area contributed by atoms with Crippen molar-refractivity contribution in [1.82, 2.24) is 5.32 Å². The van der Waals surface area contributed by atoms with Gasteiger partial charge >= 0.3 is 6.03 Å². The Morgan fingerprint density at radius 3 is 2.41 bits per heavy atom. The first-order chi connectivity index (χ1) is 15.3. The molecule has 4 amide bonds. The number of anilines is 1. The molecular formula is C25H18BrClN2O3. The molecule has 1 heterocycles. The van der Waals surface area contributed by atoms with Gasteiger partial charge in [-0.15, -0.1) is 0 Å². The minimum atomic E-state index is -0.777. The Kier molecular flexibility index (Phi) is 6.26. The van der Waals surface area contributed by atoms with Crippen molar-refractivity contribution in [3.05, 3.63) is 104 Å². The van der Waals surface area contributed by atoms with Gasteiger partial charge in [0.25, 0.3) is 11.8 Å². The average Bonchev–Trinajstić information content (AvgIpc) is 2.75. The van der Waals surface area contributed by atoms with Crippen LogP contribution in [0, 0.1) is 6.92 Å². The van der Waals surface area contributed by atoms with Crippen molar-refractivity contribution in [3.63, 3.8) is 0 Å². The van der Waals surface area contributed by atoms with Crippen LogP contribution >= 0.6 is 27.5 Å². The molecule has 5 nitrogen and oxygen atoms in total. The van der Waals surface area contributed by atoms with Crippen LogP contribution in [0.2, 0.25) is 5.02 Å². The summed E-state index contributed by atoms with van der Waals surface area (Å²) in [5.74, 6) is -1.43. The van der Waals surface area contributed by atoms with Crippen LogP contribution < -0.4 is 10.2 Å². The molecule has 0 bridgehead atoms. The fourth-order valence-corrected chi connectivity index (χ4v) is 4.05.